The lowest BCUT2D eigenvalue weighted by molar-refractivity contribution is 0.0697. The number of anilines is 1. The van der Waals surface area contributed by atoms with Crippen molar-refractivity contribution < 1.29 is 14.6 Å². The van der Waals surface area contributed by atoms with Crippen LogP contribution in [0.2, 0.25) is 0 Å². The van der Waals surface area contributed by atoms with E-state index in [2.05, 4.69) is 16.8 Å². The summed E-state index contributed by atoms with van der Waals surface area (Å²) in [6.07, 6.45) is 2.38. The third-order valence-corrected chi connectivity index (χ3v) is 4.24. The Bertz CT molecular complexity index is 433. The van der Waals surface area contributed by atoms with Crippen molar-refractivity contribution in [2.75, 3.05) is 25.1 Å². The molecular formula is C12H18N2O3S. The Morgan fingerprint density at radius 3 is 3.06 bits per heavy atom. The molecule has 1 saturated heterocycles. The van der Waals surface area contributed by atoms with E-state index in [4.69, 9.17) is 9.84 Å². The second kappa shape index (κ2) is 5.67. The van der Waals surface area contributed by atoms with Gasteiger partial charge >= 0.3 is 5.97 Å². The zero-order chi connectivity index (χ0) is 13.1. The van der Waals surface area contributed by atoms with Gasteiger partial charge in [0.15, 0.2) is 5.13 Å². The Labute approximate surface area is 110 Å². The summed E-state index contributed by atoms with van der Waals surface area (Å²) in [5.41, 5.74) is 0.531. The molecule has 0 aliphatic carbocycles. The van der Waals surface area contributed by atoms with Crippen LogP contribution in [0.15, 0.2) is 0 Å². The molecular weight excluding hydrogens is 252 g/mol. The number of hydrogen-bond donors (Lipinski definition) is 1. The highest BCUT2D eigenvalue weighted by molar-refractivity contribution is 7.17. The van der Waals surface area contributed by atoms with E-state index in [0.717, 1.165) is 24.6 Å². The summed E-state index contributed by atoms with van der Waals surface area (Å²) in [6, 6.07) is 0. The fourth-order valence-electron chi connectivity index (χ4n) is 2.24. The largest absolute Gasteiger partial charge is 0.477 e. The average Bonchev–Trinajstić information content (AvgIpc) is 2.74. The van der Waals surface area contributed by atoms with Gasteiger partial charge in [-0.2, -0.15) is 0 Å². The van der Waals surface area contributed by atoms with Crippen molar-refractivity contribution in [1.29, 1.82) is 0 Å². The molecule has 1 N–H and O–H groups in total. The zero-order valence-electron chi connectivity index (χ0n) is 10.7. The monoisotopic (exact) mass is 270 g/mol. The number of rotatable bonds is 4. The van der Waals surface area contributed by atoms with Crippen LogP contribution in [-0.4, -0.2) is 36.3 Å². The van der Waals surface area contributed by atoms with Crippen molar-refractivity contribution in [2.24, 2.45) is 5.92 Å². The van der Waals surface area contributed by atoms with E-state index in [9.17, 15) is 4.79 Å². The van der Waals surface area contributed by atoms with Gasteiger partial charge in [0.1, 0.15) is 4.88 Å². The smallest absolute Gasteiger partial charge is 0.347 e. The van der Waals surface area contributed by atoms with Crippen molar-refractivity contribution in [3.8, 4) is 0 Å². The van der Waals surface area contributed by atoms with E-state index in [1.54, 1.807) is 7.11 Å². The quantitative estimate of drug-likeness (QED) is 0.909. The van der Waals surface area contributed by atoms with E-state index in [1.165, 1.54) is 17.8 Å². The number of thiazole rings is 1. The predicted molar refractivity (Wildman–Crippen MR) is 70.4 cm³/mol. The maximum Gasteiger partial charge on any atom is 0.347 e. The highest BCUT2D eigenvalue weighted by Crippen LogP contribution is 2.30. The number of aromatic carboxylic acids is 1. The number of methoxy groups -OCH3 is 1. The Hall–Kier alpha value is -1.14. The summed E-state index contributed by atoms with van der Waals surface area (Å²) in [6.45, 7) is 4.39. The van der Waals surface area contributed by atoms with Gasteiger partial charge in [-0.05, 0) is 18.8 Å². The molecule has 1 unspecified atom stereocenters. The van der Waals surface area contributed by atoms with Gasteiger partial charge in [-0.15, -0.1) is 0 Å². The molecule has 18 heavy (non-hydrogen) atoms. The Balaban J connectivity index is 2.22. The maximum absolute atomic E-state index is 11.2. The Kier molecular flexibility index (Phi) is 4.19. The fourth-order valence-corrected chi connectivity index (χ4v) is 3.18. The summed E-state index contributed by atoms with van der Waals surface area (Å²) in [4.78, 5) is 18.1. The topological polar surface area (TPSA) is 62.7 Å². The summed E-state index contributed by atoms with van der Waals surface area (Å²) >= 11 is 1.25. The van der Waals surface area contributed by atoms with E-state index < -0.39 is 5.97 Å². The van der Waals surface area contributed by atoms with E-state index in [1.807, 2.05) is 0 Å². The van der Waals surface area contributed by atoms with Gasteiger partial charge in [0, 0.05) is 20.2 Å². The molecule has 1 atom stereocenters. The van der Waals surface area contributed by atoms with Crippen LogP contribution >= 0.6 is 11.3 Å². The maximum atomic E-state index is 11.2. The van der Waals surface area contributed by atoms with Crippen LogP contribution in [0.1, 0.15) is 35.1 Å². The Morgan fingerprint density at radius 1 is 1.67 bits per heavy atom. The third-order valence-electron chi connectivity index (χ3n) is 3.09. The third kappa shape index (κ3) is 2.81. The number of carboxylic acid groups (broad SMARTS) is 1. The first-order chi connectivity index (χ1) is 8.61. The van der Waals surface area contributed by atoms with Crippen molar-refractivity contribution in [3.63, 3.8) is 0 Å². The molecule has 0 radical (unpaired) electrons. The minimum Gasteiger partial charge on any atom is -0.477 e. The first-order valence-corrected chi connectivity index (χ1v) is 6.90. The molecule has 0 amide bonds. The number of nitrogens with zero attached hydrogens (tertiary/aromatic N) is 2. The lowest BCUT2D eigenvalue weighted by atomic mass is 10.0. The molecule has 0 spiro atoms. The molecule has 1 aliphatic heterocycles. The van der Waals surface area contributed by atoms with Gasteiger partial charge < -0.3 is 14.7 Å². The number of aromatic nitrogens is 1. The van der Waals surface area contributed by atoms with Crippen LogP contribution in [0.4, 0.5) is 5.13 Å². The van der Waals surface area contributed by atoms with Gasteiger partial charge in [-0.1, -0.05) is 18.3 Å². The van der Waals surface area contributed by atoms with Crippen molar-refractivity contribution >= 4 is 22.4 Å². The molecule has 1 aliphatic rings. The molecule has 1 fully saturated rings. The second-order valence-corrected chi connectivity index (χ2v) is 5.68. The minimum absolute atomic E-state index is 0.252. The minimum atomic E-state index is -0.921. The number of hydrogen-bond acceptors (Lipinski definition) is 5. The lowest BCUT2D eigenvalue weighted by Gasteiger charge is -2.30. The number of carbonyl (C=O) groups is 1. The molecule has 0 saturated carbocycles. The van der Waals surface area contributed by atoms with Gasteiger partial charge in [0.05, 0.1) is 12.3 Å². The van der Waals surface area contributed by atoms with E-state index in [0.29, 0.717) is 16.5 Å². The molecule has 6 heteroatoms. The fraction of sp³-hybridized carbons (Fsp3) is 0.667. The standard InChI is InChI=1S/C12H18N2O3S/c1-8-4-3-5-14(6-8)12-13-9(7-17-2)10(18-12)11(15)16/h8H,3-7H2,1-2H3,(H,15,16). The SMILES string of the molecule is COCc1nc(N2CCCC(C)C2)sc1C(=O)O. The van der Waals surface area contributed by atoms with Crippen LogP contribution in [-0.2, 0) is 11.3 Å². The van der Waals surface area contributed by atoms with E-state index >= 15 is 0 Å². The first-order valence-electron chi connectivity index (χ1n) is 6.08. The molecule has 1 aromatic heterocycles. The van der Waals surface area contributed by atoms with Crippen LogP contribution in [0.25, 0.3) is 0 Å². The van der Waals surface area contributed by atoms with Crippen molar-refractivity contribution in [2.45, 2.75) is 26.4 Å². The summed E-state index contributed by atoms with van der Waals surface area (Å²) in [5.74, 6) is -0.280. The molecule has 100 valence electrons. The number of ether oxygens (including phenoxy) is 1. The van der Waals surface area contributed by atoms with Crippen LogP contribution in [0.5, 0.6) is 0 Å². The molecule has 2 heterocycles. The number of piperidine rings is 1. The van der Waals surface area contributed by atoms with Gasteiger partial charge in [-0.3, -0.25) is 0 Å². The van der Waals surface area contributed by atoms with Crippen molar-refractivity contribution in [3.05, 3.63) is 10.6 Å². The number of carboxylic acids is 1. The van der Waals surface area contributed by atoms with Crippen LogP contribution < -0.4 is 4.90 Å². The second-order valence-electron chi connectivity index (χ2n) is 4.70. The molecule has 2 rings (SSSR count). The molecule has 5 nitrogen and oxygen atoms in total. The highest BCUT2D eigenvalue weighted by atomic mass is 32.1. The van der Waals surface area contributed by atoms with Crippen LogP contribution in [0.3, 0.4) is 0 Å². The normalized spacial score (nSPS) is 20.1. The summed E-state index contributed by atoms with van der Waals surface area (Å²) < 4.78 is 5.00. The lowest BCUT2D eigenvalue weighted by Crippen LogP contribution is -2.34. The Morgan fingerprint density at radius 2 is 2.44 bits per heavy atom. The summed E-state index contributed by atoms with van der Waals surface area (Å²) in [7, 11) is 1.55. The van der Waals surface area contributed by atoms with E-state index in [-0.39, 0.29) is 6.61 Å². The first kappa shape index (κ1) is 13.3. The van der Waals surface area contributed by atoms with Gasteiger partial charge in [0.2, 0.25) is 0 Å². The summed E-state index contributed by atoms with van der Waals surface area (Å²) in [5, 5.41) is 9.96. The van der Waals surface area contributed by atoms with Crippen LogP contribution in [0, 0.1) is 5.92 Å². The average molecular weight is 270 g/mol. The van der Waals surface area contributed by atoms with Gasteiger partial charge in [0.25, 0.3) is 0 Å². The highest BCUT2D eigenvalue weighted by Gasteiger charge is 2.23. The predicted octanol–water partition coefficient (Wildman–Crippen LogP) is 2.22. The zero-order valence-corrected chi connectivity index (χ0v) is 11.5. The molecule has 0 bridgehead atoms. The molecule has 0 aromatic carbocycles. The molecule has 1 aromatic rings. The van der Waals surface area contributed by atoms with Crippen molar-refractivity contribution in [1.82, 2.24) is 4.98 Å². The van der Waals surface area contributed by atoms with Gasteiger partial charge in [-0.25, -0.2) is 9.78 Å².